The van der Waals surface area contributed by atoms with E-state index in [9.17, 15) is 19.7 Å². The molecule has 0 saturated heterocycles. The molecule has 10 heteroatoms. The Bertz CT molecular complexity index is 1130. The zero-order valence-corrected chi connectivity index (χ0v) is 15.7. The average Bonchev–Trinajstić information content (AvgIpc) is 2.64. The number of fused-ring (bicyclic) bond motifs is 1. The van der Waals surface area contributed by atoms with Gasteiger partial charge in [0.25, 0.3) is 11.2 Å². The molecule has 0 fully saturated rings. The lowest BCUT2D eigenvalue weighted by Gasteiger charge is -2.17. The molecule has 0 aliphatic heterocycles. The fourth-order valence-corrected chi connectivity index (χ4v) is 2.91. The predicted molar refractivity (Wildman–Crippen MR) is 106 cm³/mol. The minimum atomic E-state index is -0.584. The third kappa shape index (κ3) is 3.94. The zero-order valence-electron chi connectivity index (χ0n) is 15.0. The summed E-state index contributed by atoms with van der Waals surface area (Å²) in [5.74, 6) is 0.360. The van der Waals surface area contributed by atoms with Gasteiger partial charge in [0, 0.05) is 29.9 Å². The SMILES string of the molecule is C[C@H](NC(=O)Nc1ccc([N+](=O)[O-])cc1)c1nc2cc(Cl)ccc2c(=O)n1C. The van der Waals surface area contributed by atoms with E-state index in [1.165, 1.54) is 28.8 Å². The number of carbonyl (C=O) groups excluding carboxylic acids is 1. The van der Waals surface area contributed by atoms with Gasteiger partial charge >= 0.3 is 6.03 Å². The van der Waals surface area contributed by atoms with Crippen LogP contribution in [0.2, 0.25) is 5.02 Å². The number of nitro benzene ring substituents is 1. The molecule has 0 radical (unpaired) electrons. The number of nitrogens with one attached hydrogen (secondary N) is 2. The Morgan fingerprint density at radius 2 is 1.93 bits per heavy atom. The molecule has 0 aliphatic rings. The van der Waals surface area contributed by atoms with Gasteiger partial charge in [-0.2, -0.15) is 0 Å². The number of rotatable bonds is 4. The lowest BCUT2D eigenvalue weighted by molar-refractivity contribution is -0.384. The van der Waals surface area contributed by atoms with E-state index in [0.717, 1.165) is 0 Å². The number of carbonyl (C=O) groups is 1. The molecule has 0 saturated carbocycles. The summed E-state index contributed by atoms with van der Waals surface area (Å²) in [7, 11) is 1.57. The molecule has 0 aliphatic carbocycles. The Hall–Kier alpha value is -3.46. The van der Waals surface area contributed by atoms with Gasteiger partial charge in [-0.1, -0.05) is 11.6 Å². The molecule has 2 amide bonds. The van der Waals surface area contributed by atoms with Crippen molar-refractivity contribution in [2.75, 3.05) is 5.32 Å². The first kappa shape index (κ1) is 19.3. The van der Waals surface area contributed by atoms with Crippen LogP contribution in [0.4, 0.5) is 16.2 Å². The van der Waals surface area contributed by atoms with Crippen molar-refractivity contribution in [3.63, 3.8) is 0 Å². The second-order valence-electron chi connectivity index (χ2n) is 6.12. The van der Waals surface area contributed by atoms with E-state index in [4.69, 9.17) is 11.6 Å². The molecule has 1 heterocycles. The number of hydrogen-bond donors (Lipinski definition) is 2. The summed E-state index contributed by atoms with van der Waals surface area (Å²) in [6.45, 7) is 1.69. The van der Waals surface area contributed by atoms with E-state index < -0.39 is 17.0 Å². The molecule has 144 valence electrons. The smallest absolute Gasteiger partial charge is 0.319 e. The topological polar surface area (TPSA) is 119 Å². The number of urea groups is 1. The molecular weight excluding hydrogens is 386 g/mol. The second kappa shape index (κ2) is 7.65. The number of anilines is 1. The molecule has 1 atom stereocenters. The summed E-state index contributed by atoms with van der Waals surface area (Å²) in [6.07, 6.45) is 0. The number of aromatic nitrogens is 2. The van der Waals surface area contributed by atoms with Gasteiger partial charge < -0.3 is 10.6 Å². The van der Waals surface area contributed by atoms with Crippen molar-refractivity contribution >= 4 is 39.9 Å². The highest BCUT2D eigenvalue weighted by Crippen LogP contribution is 2.18. The number of non-ortho nitro benzene ring substituents is 1. The summed E-state index contributed by atoms with van der Waals surface area (Å²) in [6, 6.07) is 9.12. The van der Waals surface area contributed by atoms with Gasteiger partial charge in [-0.05, 0) is 37.3 Å². The van der Waals surface area contributed by atoms with Crippen molar-refractivity contribution in [1.29, 1.82) is 0 Å². The summed E-state index contributed by atoms with van der Waals surface area (Å²) < 4.78 is 1.37. The maximum atomic E-state index is 12.5. The predicted octanol–water partition coefficient (Wildman–Crippen LogP) is 3.38. The molecule has 3 aromatic rings. The number of hydrogen-bond acceptors (Lipinski definition) is 5. The highest BCUT2D eigenvalue weighted by atomic mass is 35.5. The van der Waals surface area contributed by atoms with Crippen molar-refractivity contribution in [2.24, 2.45) is 7.05 Å². The monoisotopic (exact) mass is 401 g/mol. The van der Waals surface area contributed by atoms with Gasteiger partial charge in [0.2, 0.25) is 0 Å². The Balaban J connectivity index is 1.79. The maximum Gasteiger partial charge on any atom is 0.319 e. The number of halogens is 1. The Labute approximate surface area is 164 Å². The van der Waals surface area contributed by atoms with Gasteiger partial charge in [0.15, 0.2) is 0 Å². The van der Waals surface area contributed by atoms with E-state index in [0.29, 0.717) is 27.4 Å². The summed E-state index contributed by atoms with van der Waals surface area (Å²) in [5, 5.41) is 16.8. The lowest BCUT2D eigenvalue weighted by Crippen LogP contribution is -2.35. The van der Waals surface area contributed by atoms with Crippen molar-refractivity contribution in [3.05, 3.63) is 73.8 Å². The molecule has 2 N–H and O–H groups in total. The normalized spacial score (nSPS) is 11.8. The fraction of sp³-hybridized carbons (Fsp3) is 0.167. The van der Waals surface area contributed by atoms with Gasteiger partial charge in [-0.3, -0.25) is 19.5 Å². The minimum Gasteiger partial charge on any atom is -0.328 e. The lowest BCUT2D eigenvalue weighted by atomic mass is 10.2. The van der Waals surface area contributed by atoms with E-state index in [2.05, 4.69) is 15.6 Å². The van der Waals surface area contributed by atoms with Crippen LogP contribution < -0.4 is 16.2 Å². The van der Waals surface area contributed by atoms with Crippen molar-refractivity contribution in [3.8, 4) is 0 Å². The number of nitro groups is 1. The highest BCUT2D eigenvalue weighted by molar-refractivity contribution is 6.31. The van der Waals surface area contributed by atoms with Crippen molar-refractivity contribution in [1.82, 2.24) is 14.9 Å². The molecule has 2 aromatic carbocycles. The third-order valence-corrected chi connectivity index (χ3v) is 4.38. The van der Waals surface area contributed by atoms with E-state index in [1.54, 1.807) is 32.2 Å². The molecule has 9 nitrogen and oxygen atoms in total. The van der Waals surface area contributed by atoms with Crippen LogP contribution in [0.1, 0.15) is 18.8 Å². The Morgan fingerprint density at radius 3 is 2.57 bits per heavy atom. The zero-order chi connectivity index (χ0) is 20.4. The quantitative estimate of drug-likeness (QED) is 0.513. The molecular formula is C18H16ClN5O4. The van der Waals surface area contributed by atoms with E-state index in [-0.39, 0.29) is 11.2 Å². The largest absolute Gasteiger partial charge is 0.328 e. The number of amides is 2. The van der Waals surface area contributed by atoms with Crippen LogP contribution >= 0.6 is 11.6 Å². The minimum absolute atomic E-state index is 0.0756. The number of nitrogens with zero attached hydrogens (tertiary/aromatic N) is 3. The van der Waals surface area contributed by atoms with Crippen LogP contribution in [0.25, 0.3) is 10.9 Å². The Morgan fingerprint density at radius 1 is 1.25 bits per heavy atom. The van der Waals surface area contributed by atoms with Crippen LogP contribution in [0.15, 0.2) is 47.3 Å². The molecule has 0 unspecified atom stereocenters. The van der Waals surface area contributed by atoms with Gasteiger partial charge in [0.1, 0.15) is 5.82 Å². The van der Waals surface area contributed by atoms with E-state index >= 15 is 0 Å². The van der Waals surface area contributed by atoms with Gasteiger partial charge in [-0.15, -0.1) is 0 Å². The van der Waals surface area contributed by atoms with E-state index in [1.807, 2.05) is 0 Å². The average molecular weight is 402 g/mol. The summed E-state index contributed by atoms with van der Waals surface area (Å²) >= 11 is 5.98. The van der Waals surface area contributed by atoms with Crippen LogP contribution in [0.5, 0.6) is 0 Å². The third-order valence-electron chi connectivity index (χ3n) is 4.14. The first-order valence-electron chi connectivity index (χ1n) is 8.24. The molecule has 0 spiro atoms. The fourth-order valence-electron chi connectivity index (χ4n) is 2.74. The van der Waals surface area contributed by atoms with Gasteiger partial charge in [-0.25, -0.2) is 9.78 Å². The molecule has 0 bridgehead atoms. The first-order chi connectivity index (χ1) is 13.3. The summed E-state index contributed by atoms with van der Waals surface area (Å²) in [4.78, 5) is 39.4. The second-order valence-corrected chi connectivity index (χ2v) is 6.56. The summed E-state index contributed by atoms with van der Waals surface area (Å²) in [5.41, 5.74) is 0.506. The first-order valence-corrected chi connectivity index (χ1v) is 8.62. The Kier molecular flexibility index (Phi) is 5.27. The van der Waals surface area contributed by atoms with Crippen molar-refractivity contribution in [2.45, 2.75) is 13.0 Å². The number of benzene rings is 2. The van der Waals surface area contributed by atoms with Crippen molar-refractivity contribution < 1.29 is 9.72 Å². The van der Waals surface area contributed by atoms with Crippen LogP contribution in [-0.4, -0.2) is 20.5 Å². The van der Waals surface area contributed by atoms with Crippen LogP contribution in [0, 0.1) is 10.1 Å². The molecule has 1 aromatic heterocycles. The van der Waals surface area contributed by atoms with Gasteiger partial charge in [0.05, 0.1) is 21.9 Å². The van der Waals surface area contributed by atoms with Crippen LogP contribution in [-0.2, 0) is 7.05 Å². The molecule has 3 rings (SSSR count). The maximum absolute atomic E-state index is 12.5. The van der Waals surface area contributed by atoms with Crippen LogP contribution in [0.3, 0.4) is 0 Å². The highest BCUT2D eigenvalue weighted by Gasteiger charge is 2.17. The standard InChI is InChI=1S/C18H16ClN5O4/c1-10(20-18(26)21-12-4-6-13(7-5-12)24(27)28)16-22-15-9-11(19)3-8-14(15)17(25)23(16)2/h3-10H,1-2H3,(H2,20,21,26)/t10-/m0/s1. The molecule has 28 heavy (non-hydrogen) atoms.